The number of rotatable bonds is 5. The Kier molecular flexibility index (Phi) is 5.12. The summed E-state index contributed by atoms with van der Waals surface area (Å²) in [6, 6.07) is 3.50. The van der Waals surface area contributed by atoms with Crippen LogP contribution in [0.15, 0.2) is 24.3 Å². The third kappa shape index (κ3) is 3.41. The Labute approximate surface area is 127 Å². The highest BCUT2D eigenvalue weighted by Gasteiger charge is 2.83. The number of carbonyl (C=O) groups excluding carboxylic acids is 1. The molecule has 0 bridgehead atoms. The molecule has 136 valence electrons. The Balaban J connectivity index is 2.96. The third-order valence-electron chi connectivity index (χ3n) is 2.80. The molecule has 0 heterocycles. The molecule has 12 heteroatoms. The Hall–Kier alpha value is -2.01. The molecule has 1 rings (SSSR count). The van der Waals surface area contributed by atoms with Crippen LogP contribution in [0.3, 0.4) is 0 Å². The molecule has 0 aliphatic carbocycles. The lowest BCUT2D eigenvalue weighted by Crippen LogP contribution is -2.65. The van der Waals surface area contributed by atoms with Crippen molar-refractivity contribution >= 4 is 5.91 Å². The summed E-state index contributed by atoms with van der Waals surface area (Å²) in [6.07, 6.45) is -7.00. The number of halogens is 10. The van der Waals surface area contributed by atoms with Crippen molar-refractivity contribution in [2.75, 3.05) is 0 Å². The van der Waals surface area contributed by atoms with E-state index >= 15 is 0 Å². The summed E-state index contributed by atoms with van der Waals surface area (Å²) < 4.78 is 126. The Morgan fingerprint density at radius 3 is 1.71 bits per heavy atom. The number of nitrogens with one attached hydrogen (secondary N) is 1. The van der Waals surface area contributed by atoms with Crippen LogP contribution in [0.25, 0.3) is 0 Å². The van der Waals surface area contributed by atoms with E-state index in [9.17, 15) is 48.7 Å². The molecule has 0 spiro atoms. The molecule has 0 saturated carbocycles. The summed E-state index contributed by atoms with van der Waals surface area (Å²) in [5, 5.41) is 1.10. The first-order chi connectivity index (χ1) is 10.6. The zero-order valence-corrected chi connectivity index (χ0v) is 11.2. The second-order valence-electron chi connectivity index (χ2n) is 4.53. The van der Waals surface area contributed by atoms with E-state index in [0.717, 1.165) is 29.6 Å². The number of benzene rings is 1. The zero-order valence-electron chi connectivity index (χ0n) is 11.2. The minimum Gasteiger partial charge on any atom is -0.347 e. The van der Waals surface area contributed by atoms with Crippen molar-refractivity contribution in [2.24, 2.45) is 0 Å². The van der Waals surface area contributed by atoms with E-state index in [0.29, 0.717) is 0 Å². The molecule has 1 aromatic carbocycles. The molecule has 0 atom stereocenters. The van der Waals surface area contributed by atoms with Gasteiger partial charge in [0, 0.05) is 6.54 Å². The van der Waals surface area contributed by atoms with Gasteiger partial charge in [-0.15, -0.1) is 0 Å². The molecule has 24 heavy (non-hydrogen) atoms. The molecule has 0 aliphatic rings. The minimum absolute atomic E-state index is 0.0913. The molecule has 1 aromatic rings. The summed E-state index contributed by atoms with van der Waals surface area (Å²) in [6.45, 7) is -0.928. The zero-order chi connectivity index (χ0) is 19.0. The van der Waals surface area contributed by atoms with Crippen LogP contribution >= 0.6 is 0 Å². The van der Waals surface area contributed by atoms with E-state index in [1.54, 1.807) is 0 Å². The van der Waals surface area contributed by atoms with Crippen LogP contribution in [0.5, 0.6) is 0 Å². The molecular weight excluding hydrogens is 364 g/mol. The van der Waals surface area contributed by atoms with Crippen molar-refractivity contribution in [1.82, 2.24) is 5.32 Å². The predicted octanol–water partition coefficient (Wildman–Crippen LogP) is 3.91. The average molecular weight is 371 g/mol. The molecule has 0 saturated heterocycles. The van der Waals surface area contributed by atoms with E-state index < -0.39 is 42.2 Å². The molecule has 1 N–H and O–H groups in total. The predicted molar refractivity (Wildman–Crippen MR) is 59.1 cm³/mol. The third-order valence-corrected chi connectivity index (χ3v) is 2.80. The largest absolute Gasteiger partial charge is 0.460 e. The van der Waals surface area contributed by atoms with Gasteiger partial charge in [0.05, 0.1) is 0 Å². The number of carbonyl (C=O) groups is 1. The van der Waals surface area contributed by atoms with E-state index in [4.69, 9.17) is 0 Å². The molecule has 0 unspecified atom stereocenters. The molecular formula is C12H7F10NO. The van der Waals surface area contributed by atoms with Gasteiger partial charge in [-0.1, -0.05) is 12.1 Å². The highest BCUT2D eigenvalue weighted by Crippen LogP contribution is 2.53. The van der Waals surface area contributed by atoms with Gasteiger partial charge in [0.2, 0.25) is 0 Å². The first kappa shape index (κ1) is 20.0. The first-order valence-corrected chi connectivity index (χ1v) is 5.87. The molecule has 0 fully saturated rings. The molecule has 0 radical (unpaired) electrons. The van der Waals surface area contributed by atoms with E-state index in [-0.39, 0.29) is 5.56 Å². The smallest absolute Gasteiger partial charge is 0.347 e. The molecule has 1 amide bonds. The first-order valence-electron chi connectivity index (χ1n) is 5.87. The molecule has 2 nitrogen and oxygen atoms in total. The summed E-state index contributed by atoms with van der Waals surface area (Å²) >= 11 is 0. The van der Waals surface area contributed by atoms with Gasteiger partial charge in [0.1, 0.15) is 5.82 Å². The normalized spacial score (nSPS) is 13.8. The number of amides is 1. The minimum atomic E-state index is -7.14. The van der Waals surface area contributed by atoms with Crippen LogP contribution in [-0.4, -0.2) is 29.9 Å². The number of hydrogen-bond donors (Lipinski definition) is 1. The van der Waals surface area contributed by atoms with Gasteiger partial charge in [-0.25, -0.2) is 4.39 Å². The van der Waals surface area contributed by atoms with Crippen LogP contribution in [-0.2, 0) is 11.3 Å². The summed E-state index contributed by atoms with van der Waals surface area (Å²) in [7, 11) is 0. The summed E-state index contributed by atoms with van der Waals surface area (Å²) in [5.41, 5.74) is -0.0913. The van der Waals surface area contributed by atoms with E-state index in [1.165, 1.54) is 0 Å². The van der Waals surface area contributed by atoms with Crippen molar-refractivity contribution in [2.45, 2.75) is 30.5 Å². The van der Waals surface area contributed by atoms with Crippen LogP contribution in [0, 0.1) is 5.82 Å². The van der Waals surface area contributed by atoms with Crippen molar-refractivity contribution in [3.05, 3.63) is 35.6 Å². The highest BCUT2D eigenvalue weighted by atomic mass is 19.4. The lowest BCUT2D eigenvalue weighted by Gasteiger charge is -2.32. The van der Waals surface area contributed by atoms with Crippen molar-refractivity contribution in [1.29, 1.82) is 0 Å². The maximum Gasteiger partial charge on any atom is 0.460 e. The van der Waals surface area contributed by atoms with E-state index in [2.05, 4.69) is 0 Å². The van der Waals surface area contributed by atoms with Gasteiger partial charge >= 0.3 is 23.9 Å². The molecule has 0 aliphatic heterocycles. The SMILES string of the molecule is O=C(NCc1ccc(F)cc1)C(F)(F)C(F)(F)C(F)(F)C(F)(F)F. The topological polar surface area (TPSA) is 29.1 Å². The maximum atomic E-state index is 13.2. The Bertz CT molecular complexity index is 593. The van der Waals surface area contributed by atoms with Gasteiger partial charge < -0.3 is 5.32 Å². The average Bonchev–Trinajstić information content (AvgIpc) is 2.44. The second-order valence-corrected chi connectivity index (χ2v) is 4.53. The van der Waals surface area contributed by atoms with E-state index in [1.807, 2.05) is 0 Å². The van der Waals surface area contributed by atoms with Gasteiger partial charge in [0.15, 0.2) is 0 Å². The Morgan fingerprint density at radius 2 is 1.29 bits per heavy atom. The summed E-state index contributed by atoms with van der Waals surface area (Å²) in [5.74, 6) is -24.3. The van der Waals surface area contributed by atoms with Crippen LogP contribution in [0.4, 0.5) is 43.9 Å². The van der Waals surface area contributed by atoms with Gasteiger partial charge in [-0.3, -0.25) is 4.79 Å². The van der Waals surface area contributed by atoms with Gasteiger partial charge in [0.25, 0.3) is 5.91 Å². The summed E-state index contributed by atoms with van der Waals surface area (Å²) in [4.78, 5) is 11.0. The maximum absolute atomic E-state index is 13.2. The monoisotopic (exact) mass is 371 g/mol. The van der Waals surface area contributed by atoms with Gasteiger partial charge in [-0.05, 0) is 17.7 Å². The van der Waals surface area contributed by atoms with Crippen molar-refractivity contribution < 1.29 is 48.7 Å². The van der Waals surface area contributed by atoms with Crippen molar-refractivity contribution in [3.8, 4) is 0 Å². The highest BCUT2D eigenvalue weighted by molar-refractivity contribution is 5.84. The van der Waals surface area contributed by atoms with Gasteiger partial charge in [-0.2, -0.15) is 39.5 Å². The number of hydrogen-bond acceptors (Lipinski definition) is 1. The number of alkyl halides is 9. The fraction of sp³-hybridized carbons (Fsp3) is 0.417. The standard InChI is InChI=1S/C12H7F10NO/c13-7-3-1-6(2-4-7)5-23-8(24)9(14,15)10(16,17)11(18,19)12(20,21)22/h1-4H,5H2,(H,23,24). The fourth-order valence-corrected chi connectivity index (χ4v) is 1.41. The van der Waals surface area contributed by atoms with Crippen molar-refractivity contribution in [3.63, 3.8) is 0 Å². The fourth-order valence-electron chi connectivity index (χ4n) is 1.41. The quantitative estimate of drug-likeness (QED) is 0.782. The molecule has 0 aromatic heterocycles. The second kappa shape index (κ2) is 6.13. The van der Waals surface area contributed by atoms with Crippen LogP contribution < -0.4 is 5.32 Å². The lowest BCUT2D eigenvalue weighted by atomic mass is 10.0. The van der Waals surface area contributed by atoms with Crippen LogP contribution in [0.2, 0.25) is 0 Å². The van der Waals surface area contributed by atoms with Crippen LogP contribution in [0.1, 0.15) is 5.56 Å². The lowest BCUT2D eigenvalue weighted by molar-refractivity contribution is -0.388. The Morgan fingerprint density at radius 1 is 0.833 bits per heavy atom.